The molecule has 1 aromatic carbocycles. The average molecular weight is 302 g/mol. The van der Waals surface area contributed by atoms with E-state index in [0.29, 0.717) is 16.5 Å². The Labute approximate surface area is 108 Å². The molecule has 0 saturated heterocycles. The van der Waals surface area contributed by atoms with Gasteiger partial charge in [0.1, 0.15) is 5.82 Å². The van der Waals surface area contributed by atoms with E-state index >= 15 is 0 Å². The third-order valence-electron chi connectivity index (χ3n) is 2.13. The molecule has 0 unspecified atom stereocenters. The molecule has 17 heavy (non-hydrogen) atoms. The smallest absolute Gasteiger partial charge is 0.247 e. The van der Waals surface area contributed by atoms with Gasteiger partial charge in [0.2, 0.25) is 5.70 Å². The SMILES string of the molecule is CC(C)C/C(=C/c1cc(F)ccc1Br)[N+](=O)[O-]. The highest BCUT2D eigenvalue weighted by Crippen LogP contribution is 2.23. The number of rotatable bonds is 4. The van der Waals surface area contributed by atoms with Crippen molar-refractivity contribution in [1.29, 1.82) is 0 Å². The second-order valence-electron chi connectivity index (χ2n) is 4.16. The summed E-state index contributed by atoms with van der Waals surface area (Å²) in [4.78, 5) is 10.4. The monoisotopic (exact) mass is 301 g/mol. The quantitative estimate of drug-likeness (QED) is 0.616. The largest absolute Gasteiger partial charge is 0.259 e. The van der Waals surface area contributed by atoms with Crippen molar-refractivity contribution in [3.63, 3.8) is 0 Å². The molecule has 3 nitrogen and oxygen atoms in total. The van der Waals surface area contributed by atoms with E-state index in [1.807, 2.05) is 13.8 Å². The fraction of sp³-hybridized carbons (Fsp3) is 0.333. The van der Waals surface area contributed by atoms with Gasteiger partial charge in [0.25, 0.3) is 0 Å². The number of hydrogen-bond acceptors (Lipinski definition) is 2. The van der Waals surface area contributed by atoms with Crippen molar-refractivity contribution in [2.24, 2.45) is 5.92 Å². The van der Waals surface area contributed by atoms with Crippen LogP contribution in [0, 0.1) is 21.8 Å². The number of halogens is 2. The Hall–Kier alpha value is -1.23. The highest BCUT2D eigenvalue weighted by Gasteiger charge is 2.14. The van der Waals surface area contributed by atoms with E-state index < -0.39 is 10.7 Å². The fourth-order valence-electron chi connectivity index (χ4n) is 1.41. The van der Waals surface area contributed by atoms with Crippen LogP contribution in [0.25, 0.3) is 6.08 Å². The van der Waals surface area contributed by atoms with Crippen molar-refractivity contribution in [2.45, 2.75) is 20.3 Å². The molecule has 0 saturated carbocycles. The van der Waals surface area contributed by atoms with Crippen molar-refractivity contribution in [3.8, 4) is 0 Å². The molecular formula is C12H13BrFNO2. The highest BCUT2D eigenvalue weighted by atomic mass is 79.9. The van der Waals surface area contributed by atoms with Crippen LogP contribution in [0.4, 0.5) is 4.39 Å². The minimum absolute atomic E-state index is 0.0892. The first-order valence-electron chi connectivity index (χ1n) is 5.20. The summed E-state index contributed by atoms with van der Waals surface area (Å²) >= 11 is 3.24. The molecule has 0 bridgehead atoms. The van der Waals surface area contributed by atoms with Gasteiger partial charge in [0.15, 0.2) is 0 Å². The van der Waals surface area contributed by atoms with E-state index in [9.17, 15) is 14.5 Å². The van der Waals surface area contributed by atoms with Crippen LogP contribution in [-0.4, -0.2) is 4.92 Å². The molecule has 1 aromatic rings. The van der Waals surface area contributed by atoms with Gasteiger partial charge in [-0.05, 0) is 29.7 Å². The molecule has 0 radical (unpaired) electrons. The molecular weight excluding hydrogens is 289 g/mol. The van der Waals surface area contributed by atoms with Gasteiger partial charge >= 0.3 is 0 Å². The number of hydrogen-bond donors (Lipinski definition) is 0. The molecule has 1 rings (SSSR count). The Morgan fingerprint density at radius 1 is 1.59 bits per heavy atom. The van der Waals surface area contributed by atoms with Gasteiger partial charge < -0.3 is 0 Å². The molecule has 0 aromatic heterocycles. The van der Waals surface area contributed by atoms with E-state index in [0.717, 1.165) is 0 Å². The van der Waals surface area contributed by atoms with Crippen molar-refractivity contribution < 1.29 is 9.31 Å². The molecule has 5 heteroatoms. The van der Waals surface area contributed by atoms with Crippen LogP contribution < -0.4 is 0 Å². The lowest BCUT2D eigenvalue weighted by Gasteiger charge is -2.03. The van der Waals surface area contributed by atoms with Gasteiger partial charge in [-0.15, -0.1) is 0 Å². The minimum atomic E-state index is -0.419. The van der Waals surface area contributed by atoms with Crippen molar-refractivity contribution >= 4 is 22.0 Å². The molecule has 0 aliphatic carbocycles. The molecule has 0 spiro atoms. The van der Waals surface area contributed by atoms with Crippen LogP contribution in [0.5, 0.6) is 0 Å². The Bertz CT molecular complexity index is 458. The summed E-state index contributed by atoms with van der Waals surface area (Å²) in [6, 6.07) is 4.11. The van der Waals surface area contributed by atoms with Gasteiger partial charge in [-0.2, -0.15) is 0 Å². The zero-order valence-corrected chi connectivity index (χ0v) is 11.2. The first-order valence-corrected chi connectivity index (χ1v) is 5.99. The minimum Gasteiger partial charge on any atom is -0.259 e. The summed E-state index contributed by atoms with van der Waals surface area (Å²) in [6.07, 6.45) is 1.77. The topological polar surface area (TPSA) is 43.1 Å². The van der Waals surface area contributed by atoms with Gasteiger partial charge in [-0.3, -0.25) is 10.1 Å². The van der Waals surface area contributed by atoms with Crippen molar-refractivity contribution in [3.05, 3.63) is 49.9 Å². The molecule has 0 fully saturated rings. The Kier molecular flexibility index (Phi) is 4.81. The maximum absolute atomic E-state index is 13.0. The third kappa shape index (κ3) is 4.26. The average Bonchev–Trinajstić information content (AvgIpc) is 2.21. The van der Waals surface area contributed by atoms with Crippen molar-refractivity contribution in [1.82, 2.24) is 0 Å². The molecule has 0 heterocycles. The number of allylic oxidation sites excluding steroid dienone is 1. The predicted octanol–water partition coefficient (Wildman–Crippen LogP) is 4.25. The van der Waals surface area contributed by atoms with Crippen LogP contribution in [0.15, 0.2) is 28.4 Å². The van der Waals surface area contributed by atoms with Crippen LogP contribution in [0.2, 0.25) is 0 Å². The van der Waals surface area contributed by atoms with E-state index in [1.54, 1.807) is 0 Å². The zero-order valence-electron chi connectivity index (χ0n) is 9.61. The second-order valence-corrected chi connectivity index (χ2v) is 5.01. The van der Waals surface area contributed by atoms with Crippen molar-refractivity contribution in [2.75, 3.05) is 0 Å². The molecule has 0 atom stereocenters. The fourth-order valence-corrected chi connectivity index (χ4v) is 1.77. The first kappa shape index (κ1) is 13.8. The van der Waals surface area contributed by atoms with E-state index in [4.69, 9.17) is 0 Å². The Morgan fingerprint density at radius 3 is 2.76 bits per heavy atom. The molecule has 0 aliphatic rings. The summed E-state index contributed by atoms with van der Waals surface area (Å²) in [6.45, 7) is 3.80. The second kappa shape index (κ2) is 5.91. The summed E-state index contributed by atoms with van der Waals surface area (Å²) in [5.74, 6) is -0.231. The van der Waals surface area contributed by atoms with E-state index in [1.165, 1.54) is 24.3 Å². The third-order valence-corrected chi connectivity index (χ3v) is 2.85. The maximum atomic E-state index is 13.0. The summed E-state index contributed by atoms with van der Waals surface area (Å²) in [5.41, 5.74) is 0.573. The molecule has 0 N–H and O–H groups in total. The molecule has 0 aliphatic heterocycles. The van der Waals surface area contributed by atoms with Gasteiger partial charge in [-0.1, -0.05) is 29.8 Å². The first-order chi connectivity index (χ1) is 7.90. The van der Waals surface area contributed by atoms with Crippen LogP contribution in [0.3, 0.4) is 0 Å². The van der Waals surface area contributed by atoms with Crippen LogP contribution in [-0.2, 0) is 0 Å². The van der Waals surface area contributed by atoms with Crippen LogP contribution in [0.1, 0.15) is 25.8 Å². The van der Waals surface area contributed by atoms with E-state index in [-0.39, 0.29) is 11.6 Å². The summed E-state index contributed by atoms with van der Waals surface area (Å²) < 4.78 is 13.7. The Morgan fingerprint density at radius 2 is 2.24 bits per heavy atom. The molecule has 92 valence electrons. The maximum Gasteiger partial charge on any atom is 0.247 e. The van der Waals surface area contributed by atoms with E-state index in [2.05, 4.69) is 15.9 Å². The normalized spacial score (nSPS) is 11.9. The number of nitro groups is 1. The summed E-state index contributed by atoms with van der Waals surface area (Å²) in [5, 5.41) is 10.9. The van der Waals surface area contributed by atoms with Gasteiger partial charge in [0, 0.05) is 17.0 Å². The van der Waals surface area contributed by atoms with Gasteiger partial charge in [0.05, 0.1) is 4.92 Å². The lowest BCUT2D eigenvalue weighted by molar-refractivity contribution is -0.427. The molecule has 0 amide bonds. The standard InChI is InChI=1S/C12H13BrFNO2/c1-8(2)5-11(15(16)17)7-9-6-10(14)3-4-12(9)13/h3-4,6-8H,5H2,1-2H3/b11-7-. The number of nitrogens with zero attached hydrogens (tertiary/aromatic N) is 1. The lowest BCUT2D eigenvalue weighted by atomic mass is 10.1. The number of benzene rings is 1. The van der Waals surface area contributed by atoms with Gasteiger partial charge in [-0.25, -0.2) is 4.39 Å². The van der Waals surface area contributed by atoms with Crippen LogP contribution >= 0.6 is 15.9 Å². The summed E-state index contributed by atoms with van der Waals surface area (Å²) in [7, 11) is 0. The lowest BCUT2D eigenvalue weighted by Crippen LogP contribution is -2.02. The predicted molar refractivity (Wildman–Crippen MR) is 68.5 cm³/mol. The Balaban J connectivity index is 3.12. The zero-order chi connectivity index (χ0) is 13.0. The highest BCUT2D eigenvalue weighted by molar-refractivity contribution is 9.10.